The number of aliphatic hydroxyl groups excluding tert-OH is 1. The lowest BCUT2D eigenvalue weighted by Gasteiger charge is -2.39. The number of rotatable bonds is 3. The summed E-state index contributed by atoms with van der Waals surface area (Å²) in [4.78, 5) is 1.94. The fraction of sp³-hybridized carbons (Fsp3) is 0.571. The lowest BCUT2D eigenvalue weighted by molar-refractivity contribution is -0.0105. The van der Waals surface area contributed by atoms with Crippen LogP contribution in [0.3, 0.4) is 0 Å². The predicted octanol–water partition coefficient (Wildman–Crippen LogP) is 1.43. The van der Waals surface area contributed by atoms with Gasteiger partial charge in [-0.05, 0) is 31.5 Å². The number of hydrogen-bond acceptors (Lipinski definition) is 4. The monoisotopic (exact) mass is 268 g/mol. The van der Waals surface area contributed by atoms with E-state index < -0.39 is 0 Å². The number of morpholine rings is 1. The Hall–Kier alpha value is -1.17. The molecule has 1 aromatic carbocycles. The maximum atomic E-state index is 14.2. The molecule has 1 fully saturated rings. The number of anilines is 1. The number of nitrogens with two attached hydrogens (primary N) is 1. The highest BCUT2D eigenvalue weighted by molar-refractivity contribution is 5.51. The van der Waals surface area contributed by atoms with Crippen molar-refractivity contribution in [1.82, 2.24) is 0 Å². The van der Waals surface area contributed by atoms with Gasteiger partial charge in [0.1, 0.15) is 5.82 Å². The number of hydrogen-bond donors (Lipinski definition) is 2. The van der Waals surface area contributed by atoms with Gasteiger partial charge in [0.05, 0.1) is 25.0 Å². The maximum absolute atomic E-state index is 14.2. The minimum Gasteiger partial charge on any atom is -0.394 e. The molecule has 0 aliphatic carbocycles. The Morgan fingerprint density at radius 2 is 2.32 bits per heavy atom. The summed E-state index contributed by atoms with van der Waals surface area (Å²) in [6, 6.07) is 4.98. The van der Waals surface area contributed by atoms with Crippen LogP contribution in [0.2, 0.25) is 0 Å². The van der Waals surface area contributed by atoms with Crippen molar-refractivity contribution in [3.8, 4) is 0 Å². The third-order valence-corrected chi connectivity index (χ3v) is 3.52. The minimum absolute atomic E-state index is 0.0528. The number of nitrogens with zero attached hydrogens (tertiary/aromatic N) is 1. The number of aliphatic hydroxyl groups is 1. The van der Waals surface area contributed by atoms with Crippen molar-refractivity contribution in [2.24, 2.45) is 5.73 Å². The second-order valence-corrected chi connectivity index (χ2v) is 5.14. The molecule has 106 valence electrons. The lowest BCUT2D eigenvalue weighted by Crippen LogP contribution is -2.50. The number of benzene rings is 1. The van der Waals surface area contributed by atoms with Crippen LogP contribution in [0.15, 0.2) is 18.2 Å². The molecule has 1 heterocycles. The molecular formula is C14H21FN2O2. The van der Waals surface area contributed by atoms with Crippen LogP contribution < -0.4 is 10.6 Å². The van der Waals surface area contributed by atoms with E-state index in [4.69, 9.17) is 15.6 Å². The van der Waals surface area contributed by atoms with Gasteiger partial charge in [0, 0.05) is 18.6 Å². The van der Waals surface area contributed by atoms with Crippen molar-refractivity contribution in [2.45, 2.75) is 32.0 Å². The molecule has 19 heavy (non-hydrogen) atoms. The van der Waals surface area contributed by atoms with Crippen molar-refractivity contribution in [2.75, 3.05) is 24.7 Å². The van der Waals surface area contributed by atoms with Crippen LogP contribution in [-0.2, 0) is 4.74 Å². The van der Waals surface area contributed by atoms with E-state index >= 15 is 0 Å². The second kappa shape index (κ2) is 5.86. The van der Waals surface area contributed by atoms with Crippen molar-refractivity contribution >= 4 is 5.69 Å². The van der Waals surface area contributed by atoms with E-state index in [0.29, 0.717) is 18.8 Å². The highest BCUT2D eigenvalue weighted by atomic mass is 19.1. The van der Waals surface area contributed by atoms with Crippen LogP contribution >= 0.6 is 0 Å². The molecule has 0 radical (unpaired) electrons. The van der Waals surface area contributed by atoms with E-state index in [2.05, 4.69) is 0 Å². The van der Waals surface area contributed by atoms with Gasteiger partial charge in [0.25, 0.3) is 0 Å². The van der Waals surface area contributed by atoms with Crippen molar-refractivity contribution in [3.05, 3.63) is 29.6 Å². The van der Waals surface area contributed by atoms with Gasteiger partial charge in [-0.2, -0.15) is 0 Å². The Labute approximate surface area is 113 Å². The third-order valence-electron chi connectivity index (χ3n) is 3.52. The summed E-state index contributed by atoms with van der Waals surface area (Å²) >= 11 is 0. The fourth-order valence-corrected chi connectivity index (χ4v) is 2.30. The van der Waals surface area contributed by atoms with Gasteiger partial charge < -0.3 is 20.5 Å². The first kappa shape index (κ1) is 14.2. The van der Waals surface area contributed by atoms with Crippen molar-refractivity contribution in [3.63, 3.8) is 0 Å². The summed E-state index contributed by atoms with van der Waals surface area (Å²) in [5.74, 6) is -0.278. The van der Waals surface area contributed by atoms with Crippen LogP contribution in [0, 0.1) is 5.82 Å². The van der Waals surface area contributed by atoms with Crippen LogP contribution in [0.1, 0.15) is 25.5 Å². The molecule has 5 heteroatoms. The van der Waals surface area contributed by atoms with E-state index in [9.17, 15) is 4.39 Å². The molecule has 1 saturated heterocycles. The van der Waals surface area contributed by atoms with Gasteiger partial charge in [-0.25, -0.2) is 4.39 Å². The fourth-order valence-electron chi connectivity index (χ4n) is 2.30. The predicted molar refractivity (Wildman–Crippen MR) is 72.6 cm³/mol. The van der Waals surface area contributed by atoms with Gasteiger partial charge in [0.2, 0.25) is 0 Å². The summed E-state index contributed by atoms with van der Waals surface area (Å²) in [6.45, 7) is 4.73. The normalized spacial score (nSPS) is 25.4. The average Bonchev–Trinajstić information content (AvgIpc) is 2.39. The van der Waals surface area contributed by atoms with E-state index in [0.717, 1.165) is 5.56 Å². The quantitative estimate of drug-likeness (QED) is 0.870. The van der Waals surface area contributed by atoms with Gasteiger partial charge >= 0.3 is 0 Å². The van der Waals surface area contributed by atoms with Gasteiger partial charge in [-0.15, -0.1) is 0 Å². The Kier molecular flexibility index (Phi) is 4.39. The van der Waals surface area contributed by atoms with Gasteiger partial charge in [-0.3, -0.25) is 0 Å². The zero-order valence-corrected chi connectivity index (χ0v) is 11.3. The Morgan fingerprint density at radius 3 is 2.89 bits per heavy atom. The molecule has 3 unspecified atom stereocenters. The van der Waals surface area contributed by atoms with Gasteiger partial charge in [-0.1, -0.05) is 6.07 Å². The maximum Gasteiger partial charge on any atom is 0.146 e. The Bertz CT molecular complexity index is 439. The van der Waals surface area contributed by atoms with E-state index in [1.807, 2.05) is 24.8 Å². The summed E-state index contributed by atoms with van der Waals surface area (Å²) in [5.41, 5.74) is 7.07. The van der Waals surface area contributed by atoms with E-state index in [1.54, 1.807) is 6.07 Å². The number of halogens is 1. The summed E-state index contributed by atoms with van der Waals surface area (Å²) in [5, 5.41) is 9.17. The summed E-state index contributed by atoms with van der Waals surface area (Å²) in [6.07, 6.45) is -0.260. The molecule has 0 spiro atoms. The highest BCUT2D eigenvalue weighted by Gasteiger charge is 2.27. The molecular weight excluding hydrogens is 247 g/mol. The van der Waals surface area contributed by atoms with Crippen LogP contribution in [0.4, 0.5) is 10.1 Å². The summed E-state index contributed by atoms with van der Waals surface area (Å²) in [7, 11) is 0. The zero-order valence-electron chi connectivity index (χ0n) is 11.3. The topological polar surface area (TPSA) is 58.7 Å². The number of ether oxygens (including phenoxy) is 1. The molecule has 0 amide bonds. The molecule has 0 aromatic heterocycles. The molecule has 1 aliphatic heterocycles. The molecule has 3 atom stereocenters. The van der Waals surface area contributed by atoms with Crippen LogP contribution in [0.5, 0.6) is 0 Å². The lowest BCUT2D eigenvalue weighted by atomic mass is 10.1. The summed E-state index contributed by atoms with van der Waals surface area (Å²) < 4.78 is 19.7. The van der Waals surface area contributed by atoms with Gasteiger partial charge in [0.15, 0.2) is 0 Å². The van der Waals surface area contributed by atoms with Crippen molar-refractivity contribution in [1.29, 1.82) is 0 Å². The molecule has 1 aliphatic rings. The second-order valence-electron chi connectivity index (χ2n) is 5.14. The first-order chi connectivity index (χ1) is 9.02. The first-order valence-corrected chi connectivity index (χ1v) is 6.57. The zero-order chi connectivity index (χ0) is 14.0. The molecule has 0 bridgehead atoms. The molecule has 2 rings (SSSR count). The molecule has 3 N–H and O–H groups in total. The average molecular weight is 268 g/mol. The smallest absolute Gasteiger partial charge is 0.146 e. The highest BCUT2D eigenvalue weighted by Crippen LogP contribution is 2.27. The van der Waals surface area contributed by atoms with Crippen molar-refractivity contribution < 1.29 is 14.2 Å². The van der Waals surface area contributed by atoms with Crippen LogP contribution in [0.25, 0.3) is 0 Å². The van der Waals surface area contributed by atoms with E-state index in [-0.39, 0.29) is 30.6 Å². The molecule has 0 saturated carbocycles. The molecule has 4 nitrogen and oxygen atoms in total. The first-order valence-electron chi connectivity index (χ1n) is 6.57. The largest absolute Gasteiger partial charge is 0.394 e. The minimum atomic E-state index is -0.278. The van der Waals surface area contributed by atoms with Crippen LogP contribution in [-0.4, -0.2) is 37.0 Å². The third kappa shape index (κ3) is 3.05. The van der Waals surface area contributed by atoms with E-state index in [1.165, 1.54) is 6.07 Å². The molecule has 1 aromatic rings. The standard InChI is InChI=1S/C14H21FN2O2/c1-9-8-19-12(7-18)6-17(9)14-4-3-11(10(2)16)5-13(14)15/h3-5,9-10,12,18H,6-8,16H2,1-2H3. The Balaban J connectivity index is 2.24. The Morgan fingerprint density at radius 1 is 1.58 bits per heavy atom. The SMILES string of the molecule is CC(N)c1ccc(N2CC(CO)OCC2C)c(F)c1.